The quantitative estimate of drug-likeness (QED) is 0.321. The van der Waals surface area contributed by atoms with Crippen LogP contribution in [0.25, 0.3) is 0 Å². The molecular formula is C8H12N4OS. The summed E-state index contributed by atoms with van der Waals surface area (Å²) in [6.45, 7) is 0.681. The molecule has 0 bridgehead atoms. The minimum atomic E-state index is -0.0639. The highest BCUT2D eigenvalue weighted by Crippen LogP contribution is 2.12. The lowest BCUT2D eigenvalue weighted by Gasteiger charge is -2.00. The highest BCUT2D eigenvalue weighted by atomic mass is 32.2. The molecule has 0 aliphatic carbocycles. The summed E-state index contributed by atoms with van der Waals surface area (Å²) in [5.41, 5.74) is 5.64. The predicted molar refractivity (Wildman–Crippen MR) is 55.6 cm³/mol. The van der Waals surface area contributed by atoms with Gasteiger partial charge in [0.05, 0.1) is 19.0 Å². The lowest BCUT2D eigenvalue weighted by atomic mass is 10.4. The molecule has 0 aliphatic rings. The van der Waals surface area contributed by atoms with Crippen LogP contribution in [0.3, 0.4) is 0 Å². The number of rotatable bonds is 5. The highest BCUT2D eigenvalue weighted by Gasteiger charge is 2.00. The van der Waals surface area contributed by atoms with E-state index in [0.29, 0.717) is 12.3 Å². The van der Waals surface area contributed by atoms with Gasteiger partial charge in [0.2, 0.25) is 0 Å². The molecule has 0 aliphatic heterocycles. The van der Waals surface area contributed by atoms with Crippen molar-refractivity contribution in [1.29, 1.82) is 5.41 Å². The fourth-order valence-electron chi connectivity index (χ4n) is 0.759. The average Bonchev–Trinajstić information content (AvgIpc) is 2.19. The molecule has 14 heavy (non-hydrogen) atoms. The Morgan fingerprint density at radius 1 is 1.57 bits per heavy atom. The second kappa shape index (κ2) is 5.56. The van der Waals surface area contributed by atoms with E-state index in [0.717, 1.165) is 10.8 Å². The Labute approximate surface area is 86.6 Å². The van der Waals surface area contributed by atoms with Gasteiger partial charge in [0, 0.05) is 12.9 Å². The van der Waals surface area contributed by atoms with Gasteiger partial charge in [-0.05, 0) is 0 Å². The summed E-state index contributed by atoms with van der Waals surface area (Å²) in [7, 11) is 1.66. The SMILES string of the molecule is COCCSc1cnc(C(=N)N)cn1. The fraction of sp³-hybridized carbons (Fsp3) is 0.375. The topological polar surface area (TPSA) is 84.9 Å². The summed E-state index contributed by atoms with van der Waals surface area (Å²) in [4.78, 5) is 8.08. The van der Waals surface area contributed by atoms with Gasteiger partial charge in [0.25, 0.3) is 0 Å². The first kappa shape index (κ1) is 10.9. The lowest BCUT2D eigenvalue weighted by molar-refractivity contribution is 0.218. The Bertz CT molecular complexity index is 301. The van der Waals surface area contributed by atoms with Gasteiger partial charge in [-0.1, -0.05) is 0 Å². The van der Waals surface area contributed by atoms with Gasteiger partial charge in [-0.15, -0.1) is 11.8 Å². The minimum Gasteiger partial charge on any atom is -0.384 e. The molecule has 3 N–H and O–H groups in total. The highest BCUT2D eigenvalue weighted by molar-refractivity contribution is 7.99. The number of nitrogen functional groups attached to an aromatic ring is 1. The Morgan fingerprint density at radius 2 is 2.36 bits per heavy atom. The first-order valence-electron chi connectivity index (χ1n) is 4.02. The van der Waals surface area contributed by atoms with Gasteiger partial charge in [0.15, 0.2) is 0 Å². The van der Waals surface area contributed by atoms with Gasteiger partial charge >= 0.3 is 0 Å². The number of nitrogens with zero attached hydrogens (tertiary/aromatic N) is 2. The van der Waals surface area contributed by atoms with E-state index >= 15 is 0 Å². The molecule has 0 saturated heterocycles. The van der Waals surface area contributed by atoms with Crippen molar-refractivity contribution < 1.29 is 4.74 Å². The van der Waals surface area contributed by atoms with E-state index in [4.69, 9.17) is 15.9 Å². The Kier molecular flexibility index (Phi) is 4.34. The van der Waals surface area contributed by atoms with Crippen LogP contribution in [0, 0.1) is 5.41 Å². The van der Waals surface area contributed by atoms with Crippen molar-refractivity contribution in [2.75, 3.05) is 19.5 Å². The summed E-state index contributed by atoms with van der Waals surface area (Å²) in [5.74, 6) is 0.774. The Balaban J connectivity index is 2.51. The van der Waals surface area contributed by atoms with Crippen molar-refractivity contribution in [2.24, 2.45) is 5.73 Å². The molecule has 1 aromatic heterocycles. The molecule has 1 heterocycles. The number of hydrogen-bond acceptors (Lipinski definition) is 5. The minimum absolute atomic E-state index is 0.0639. The molecule has 0 spiro atoms. The van der Waals surface area contributed by atoms with E-state index in [1.54, 1.807) is 25.1 Å². The van der Waals surface area contributed by atoms with Crippen molar-refractivity contribution in [3.8, 4) is 0 Å². The zero-order valence-corrected chi connectivity index (χ0v) is 8.67. The summed E-state index contributed by atoms with van der Waals surface area (Å²) in [6, 6.07) is 0. The molecule has 1 aromatic rings. The number of hydrogen-bond donors (Lipinski definition) is 2. The maximum Gasteiger partial charge on any atom is 0.143 e. The van der Waals surface area contributed by atoms with Crippen LogP contribution in [0.4, 0.5) is 0 Å². The number of ether oxygens (including phenoxy) is 1. The third-order valence-electron chi connectivity index (χ3n) is 1.44. The second-order valence-corrected chi connectivity index (χ2v) is 3.61. The number of nitrogens with one attached hydrogen (secondary N) is 1. The van der Waals surface area contributed by atoms with Crippen LogP contribution < -0.4 is 5.73 Å². The molecule has 0 aromatic carbocycles. The maximum atomic E-state index is 7.12. The molecule has 0 atom stereocenters. The van der Waals surface area contributed by atoms with Crippen molar-refractivity contribution in [3.63, 3.8) is 0 Å². The third-order valence-corrected chi connectivity index (χ3v) is 2.32. The summed E-state index contributed by atoms with van der Waals surface area (Å²) < 4.78 is 4.90. The first-order chi connectivity index (χ1) is 6.74. The van der Waals surface area contributed by atoms with E-state index in [-0.39, 0.29) is 5.84 Å². The molecule has 0 radical (unpaired) electrons. The molecule has 0 fully saturated rings. The van der Waals surface area contributed by atoms with E-state index in [1.807, 2.05) is 0 Å². The number of aromatic nitrogens is 2. The monoisotopic (exact) mass is 212 g/mol. The normalized spacial score (nSPS) is 10.1. The van der Waals surface area contributed by atoms with Gasteiger partial charge in [0.1, 0.15) is 16.6 Å². The molecule has 0 amide bonds. The van der Waals surface area contributed by atoms with Crippen molar-refractivity contribution in [2.45, 2.75) is 5.03 Å². The molecule has 0 saturated carbocycles. The largest absolute Gasteiger partial charge is 0.384 e. The second-order valence-electron chi connectivity index (χ2n) is 2.49. The number of nitrogens with two attached hydrogens (primary N) is 1. The standard InChI is InChI=1S/C8H12N4OS/c1-13-2-3-14-7-5-11-6(4-12-7)8(9)10/h4-5H,2-3H2,1H3,(H3,9,10). The van der Waals surface area contributed by atoms with Crippen LogP contribution in [0.2, 0.25) is 0 Å². The predicted octanol–water partition coefficient (Wildman–Crippen LogP) is 0.499. The molecule has 5 nitrogen and oxygen atoms in total. The Morgan fingerprint density at radius 3 is 2.86 bits per heavy atom. The number of amidine groups is 1. The van der Waals surface area contributed by atoms with Crippen molar-refractivity contribution in [3.05, 3.63) is 18.1 Å². The number of thioether (sulfide) groups is 1. The average molecular weight is 212 g/mol. The Hall–Kier alpha value is -1.14. The van der Waals surface area contributed by atoms with Gasteiger partial charge in [-0.2, -0.15) is 0 Å². The van der Waals surface area contributed by atoms with Crippen LogP contribution in [-0.4, -0.2) is 35.3 Å². The number of methoxy groups -OCH3 is 1. The molecular weight excluding hydrogens is 200 g/mol. The van der Waals surface area contributed by atoms with E-state index in [1.165, 1.54) is 6.20 Å². The van der Waals surface area contributed by atoms with Crippen LogP contribution in [0.15, 0.2) is 17.4 Å². The smallest absolute Gasteiger partial charge is 0.143 e. The summed E-state index contributed by atoms with van der Waals surface area (Å²) in [5, 5.41) is 7.93. The van der Waals surface area contributed by atoms with E-state index < -0.39 is 0 Å². The van der Waals surface area contributed by atoms with E-state index in [9.17, 15) is 0 Å². The van der Waals surface area contributed by atoms with Gasteiger partial charge < -0.3 is 10.5 Å². The van der Waals surface area contributed by atoms with Crippen LogP contribution in [0.1, 0.15) is 5.69 Å². The van der Waals surface area contributed by atoms with Gasteiger partial charge in [-0.3, -0.25) is 5.41 Å². The molecule has 1 rings (SSSR count). The zero-order chi connectivity index (χ0) is 10.4. The van der Waals surface area contributed by atoms with Crippen molar-refractivity contribution in [1.82, 2.24) is 9.97 Å². The van der Waals surface area contributed by atoms with Crippen LogP contribution in [-0.2, 0) is 4.74 Å². The van der Waals surface area contributed by atoms with Crippen LogP contribution in [0.5, 0.6) is 0 Å². The zero-order valence-electron chi connectivity index (χ0n) is 7.86. The summed E-state index contributed by atoms with van der Waals surface area (Å²) >= 11 is 1.56. The lowest BCUT2D eigenvalue weighted by Crippen LogP contribution is -2.13. The maximum absolute atomic E-state index is 7.12. The van der Waals surface area contributed by atoms with Gasteiger partial charge in [-0.25, -0.2) is 9.97 Å². The van der Waals surface area contributed by atoms with E-state index in [2.05, 4.69) is 9.97 Å². The molecule has 6 heteroatoms. The third kappa shape index (κ3) is 3.31. The summed E-state index contributed by atoms with van der Waals surface area (Å²) in [6.07, 6.45) is 3.11. The van der Waals surface area contributed by atoms with Crippen molar-refractivity contribution >= 4 is 17.6 Å². The molecule has 76 valence electrons. The fourth-order valence-corrected chi connectivity index (χ4v) is 1.47. The molecule has 0 unspecified atom stereocenters. The first-order valence-corrected chi connectivity index (χ1v) is 5.00. The van der Waals surface area contributed by atoms with Crippen LogP contribution >= 0.6 is 11.8 Å².